The molecule has 0 amide bonds. The highest BCUT2D eigenvalue weighted by Gasteiger charge is 2.40. The molecule has 0 saturated carbocycles. The van der Waals surface area contributed by atoms with E-state index < -0.39 is 0 Å². The molecule has 148 valence electrons. The lowest BCUT2D eigenvalue weighted by molar-refractivity contribution is 0.115. The van der Waals surface area contributed by atoms with Gasteiger partial charge in [0.2, 0.25) is 0 Å². The number of benzene rings is 2. The summed E-state index contributed by atoms with van der Waals surface area (Å²) in [5.41, 5.74) is 2.11. The van der Waals surface area contributed by atoms with Gasteiger partial charge in [0.1, 0.15) is 11.6 Å². The summed E-state index contributed by atoms with van der Waals surface area (Å²) in [6.45, 7) is 0.898. The zero-order valence-corrected chi connectivity index (χ0v) is 16.8. The van der Waals surface area contributed by atoms with E-state index in [0.717, 1.165) is 30.8 Å². The summed E-state index contributed by atoms with van der Waals surface area (Å²) in [5.74, 6) is 0.631. The second-order valence-electron chi connectivity index (χ2n) is 7.68. The van der Waals surface area contributed by atoms with E-state index in [-0.39, 0.29) is 5.82 Å². The highest BCUT2D eigenvalue weighted by Crippen LogP contribution is 2.37. The third-order valence-corrected chi connectivity index (χ3v) is 6.05. The highest BCUT2D eigenvalue weighted by atomic mass is 32.1. The molecule has 2 fully saturated rings. The summed E-state index contributed by atoms with van der Waals surface area (Å²) in [6, 6.07) is 16.2. The summed E-state index contributed by atoms with van der Waals surface area (Å²) in [4.78, 5) is 2.59. The maximum Gasteiger partial charge on any atom is 0.170 e. The molecule has 0 aliphatic carbocycles. The summed E-state index contributed by atoms with van der Waals surface area (Å²) in [5, 5.41) is 7.42. The Bertz CT molecular complexity index is 815. The van der Waals surface area contributed by atoms with Gasteiger partial charge >= 0.3 is 0 Å². The lowest BCUT2D eigenvalue weighted by atomic mass is 9.96. The molecule has 0 spiro atoms. The quantitative estimate of drug-likeness (QED) is 0.733. The van der Waals surface area contributed by atoms with E-state index in [1.165, 1.54) is 18.4 Å². The first kappa shape index (κ1) is 19.2. The molecule has 2 saturated heterocycles. The van der Waals surface area contributed by atoms with Crippen molar-refractivity contribution in [3.8, 4) is 5.75 Å². The largest absolute Gasteiger partial charge is 0.497 e. The molecule has 2 bridgehead atoms. The van der Waals surface area contributed by atoms with Crippen LogP contribution in [0.15, 0.2) is 48.5 Å². The Labute approximate surface area is 171 Å². The zero-order valence-electron chi connectivity index (χ0n) is 16.0. The molecule has 2 aliphatic heterocycles. The number of nitrogens with one attached hydrogen (secondary N) is 2. The second-order valence-corrected chi connectivity index (χ2v) is 8.09. The fourth-order valence-electron chi connectivity index (χ4n) is 4.50. The van der Waals surface area contributed by atoms with E-state index in [2.05, 4.69) is 15.5 Å². The SMILES string of the molecule is COc1cccc(NC(=S)NC2C[C@H]3CC[C@H](C2)N3Cc2ccc(F)cc2)c1. The highest BCUT2D eigenvalue weighted by molar-refractivity contribution is 7.80. The van der Waals surface area contributed by atoms with Crippen LogP contribution in [0.2, 0.25) is 0 Å². The normalized spacial score (nSPS) is 24.0. The molecule has 2 aromatic rings. The second kappa shape index (κ2) is 8.45. The van der Waals surface area contributed by atoms with Crippen LogP contribution in [0.5, 0.6) is 5.75 Å². The fourth-order valence-corrected chi connectivity index (χ4v) is 4.79. The lowest BCUT2D eigenvalue weighted by Crippen LogP contribution is -2.50. The number of hydrogen-bond acceptors (Lipinski definition) is 3. The Morgan fingerprint density at radius 2 is 1.86 bits per heavy atom. The van der Waals surface area contributed by atoms with Crippen molar-refractivity contribution in [1.29, 1.82) is 0 Å². The van der Waals surface area contributed by atoms with Crippen molar-refractivity contribution in [2.45, 2.75) is 50.4 Å². The summed E-state index contributed by atoms with van der Waals surface area (Å²) in [7, 11) is 1.66. The molecule has 2 heterocycles. The van der Waals surface area contributed by atoms with Gasteiger partial charge in [-0.25, -0.2) is 4.39 Å². The summed E-state index contributed by atoms with van der Waals surface area (Å²) < 4.78 is 18.4. The molecule has 2 aromatic carbocycles. The van der Waals surface area contributed by atoms with Crippen LogP contribution in [-0.2, 0) is 6.54 Å². The third kappa shape index (κ3) is 4.45. The van der Waals surface area contributed by atoms with Gasteiger partial charge in [0, 0.05) is 36.4 Å². The van der Waals surface area contributed by atoms with Gasteiger partial charge in [-0.2, -0.15) is 0 Å². The number of piperidine rings is 1. The van der Waals surface area contributed by atoms with E-state index in [9.17, 15) is 4.39 Å². The first-order chi connectivity index (χ1) is 13.6. The Morgan fingerprint density at radius 3 is 2.54 bits per heavy atom. The van der Waals surface area contributed by atoms with Crippen molar-refractivity contribution in [3.63, 3.8) is 0 Å². The number of ether oxygens (including phenoxy) is 1. The van der Waals surface area contributed by atoms with E-state index in [4.69, 9.17) is 17.0 Å². The summed E-state index contributed by atoms with van der Waals surface area (Å²) >= 11 is 5.53. The number of methoxy groups -OCH3 is 1. The van der Waals surface area contributed by atoms with Crippen molar-refractivity contribution in [3.05, 3.63) is 59.9 Å². The van der Waals surface area contributed by atoms with Crippen molar-refractivity contribution in [2.75, 3.05) is 12.4 Å². The van der Waals surface area contributed by atoms with Crippen LogP contribution in [0.3, 0.4) is 0 Å². The van der Waals surface area contributed by atoms with Crippen LogP contribution in [-0.4, -0.2) is 35.2 Å². The fraction of sp³-hybridized carbons (Fsp3) is 0.409. The average molecular weight is 400 g/mol. The first-order valence-corrected chi connectivity index (χ1v) is 10.2. The Morgan fingerprint density at radius 1 is 1.14 bits per heavy atom. The van der Waals surface area contributed by atoms with Gasteiger partial charge in [-0.05, 0) is 67.7 Å². The number of anilines is 1. The zero-order chi connectivity index (χ0) is 19.5. The van der Waals surface area contributed by atoms with E-state index >= 15 is 0 Å². The van der Waals surface area contributed by atoms with Crippen LogP contribution in [0, 0.1) is 5.82 Å². The van der Waals surface area contributed by atoms with Crippen LogP contribution in [0.4, 0.5) is 10.1 Å². The molecular weight excluding hydrogens is 373 g/mol. The average Bonchev–Trinajstić information content (AvgIpc) is 2.92. The van der Waals surface area contributed by atoms with E-state index in [1.807, 2.05) is 36.4 Å². The van der Waals surface area contributed by atoms with Crippen LogP contribution in [0.25, 0.3) is 0 Å². The Hall–Kier alpha value is -2.18. The minimum absolute atomic E-state index is 0.174. The lowest BCUT2D eigenvalue weighted by Gasteiger charge is -2.39. The molecule has 2 atom stereocenters. The van der Waals surface area contributed by atoms with Crippen molar-refractivity contribution >= 4 is 23.0 Å². The molecule has 2 aliphatic rings. The Balaban J connectivity index is 1.32. The van der Waals surface area contributed by atoms with Crippen molar-refractivity contribution < 1.29 is 9.13 Å². The number of fused-ring (bicyclic) bond motifs is 2. The number of thiocarbonyl (C=S) groups is 1. The molecule has 0 aromatic heterocycles. The Kier molecular flexibility index (Phi) is 5.78. The third-order valence-electron chi connectivity index (χ3n) is 5.83. The first-order valence-electron chi connectivity index (χ1n) is 9.82. The maximum atomic E-state index is 13.2. The number of hydrogen-bond donors (Lipinski definition) is 2. The van der Waals surface area contributed by atoms with Gasteiger partial charge in [0.25, 0.3) is 0 Å². The number of halogens is 1. The van der Waals surface area contributed by atoms with Gasteiger partial charge in [-0.1, -0.05) is 18.2 Å². The van der Waals surface area contributed by atoms with Crippen LogP contribution < -0.4 is 15.4 Å². The molecule has 2 N–H and O–H groups in total. The predicted octanol–water partition coefficient (Wildman–Crippen LogP) is 4.32. The van der Waals surface area contributed by atoms with E-state index in [1.54, 1.807) is 19.2 Å². The van der Waals surface area contributed by atoms with Gasteiger partial charge in [-0.15, -0.1) is 0 Å². The van der Waals surface area contributed by atoms with Gasteiger partial charge in [0.05, 0.1) is 7.11 Å². The standard InChI is InChI=1S/C22H26FN3OS/c1-27-21-4-2-3-17(13-21)24-22(28)25-18-11-19-9-10-20(12-18)26(19)14-15-5-7-16(23)8-6-15/h2-8,13,18-20H,9-12,14H2,1H3,(H2,24,25,28)/t19-,20-/m1/s1. The minimum atomic E-state index is -0.174. The monoisotopic (exact) mass is 399 g/mol. The smallest absolute Gasteiger partial charge is 0.170 e. The van der Waals surface area contributed by atoms with Crippen LogP contribution >= 0.6 is 12.2 Å². The molecule has 28 heavy (non-hydrogen) atoms. The molecule has 4 rings (SSSR count). The van der Waals surface area contributed by atoms with Gasteiger partial charge in [-0.3, -0.25) is 4.90 Å². The van der Waals surface area contributed by atoms with Crippen LogP contribution in [0.1, 0.15) is 31.2 Å². The molecular formula is C22H26FN3OS. The number of rotatable bonds is 5. The number of nitrogens with zero attached hydrogens (tertiary/aromatic N) is 1. The van der Waals surface area contributed by atoms with Crippen molar-refractivity contribution in [1.82, 2.24) is 10.2 Å². The van der Waals surface area contributed by atoms with Gasteiger partial charge < -0.3 is 15.4 Å². The van der Waals surface area contributed by atoms with Gasteiger partial charge in [0.15, 0.2) is 5.11 Å². The molecule has 4 nitrogen and oxygen atoms in total. The topological polar surface area (TPSA) is 36.5 Å². The summed E-state index contributed by atoms with van der Waals surface area (Å²) in [6.07, 6.45) is 4.61. The predicted molar refractivity (Wildman–Crippen MR) is 114 cm³/mol. The van der Waals surface area contributed by atoms with E-state index in [0.29, 0.717) is 23.2 Å². The maximum absolute atomic E-state index is 13.2. The molecule has 0 unspecified atom stereocenters. The minimum Gasteiger partial charge on any atom is -0.497 e. The van der Waals surface area contributed by atoms with Crippen molar-refractivity contribution in [2.24, 2.45) is 0 Å². The molecule has 6 heteroatoms. The molecule has 0 radical (unpaired) electrons.